The van der Waals surface area contributed by atoms with Crippen molar-refractivity contribution in [3.05, 3.63) is 36.1 Å². The number of para-hydroxylation sites is 1. The van der Waals surface area contributed by atoms with Crippen LogP contribution in [0.2, 0.25) is 0 Å². The Morgan fingerprint density at radius 2 is 2.15 bits per heavy atom. The first-order valence-electron chi connectivity index (χ1n) is 4.03. The fourth-order valence-corrected chi connectivity index (χ4v) is 1.69. The maximum atomic E-state index is 9.61. The molecule has 1 N–H and O–H groups in total. The normalized spacial score (nSPS) is 13.4. The number of furan rings is 1. The Bertz CT molecular complexity index is 408. The molecule has 0 radical (unpaired) electrons. The van der Waals surface area contributed by atoms with E-state index in [-0.39, 0.29) is 0 Å². The molecule has 0 unspecified atom stereocenters. The third-order valence-corrected chi connectivity index (χ3v) is 2.63. The van der Waals surface area contributed by atoms with Gasteiger partial charge in [-0.1, -0.05) is 34.1 Å². The molecule has 13 heavy (non-hydrogen) atoms. The molecule has 0 bridgehead atoms. The van der Waals surface area contributed by atoms with Crippen LogP contribution in [0.1, 0.15) is 11.7 Å². The largest absolute Gasteiger partial charge is 0.464 e. The maximum Gasteiger partial charge on any atom is 0.134 e. The number of aliphatic hydroxyl groups excluding tert-OH is 1. The lowest BCUT2D eigenvalue weighted by Crippen LogP contribution is -1.95. The molecule has 1 atom stereocenters. The van der Waals surface area contributed by atoms with E-state index >= 15 is 0 Å². The van der Waals surface area contributed by atoms with E-state index in [1.54, 1.807) is 6.26 Å². The molecule has 0 aliphatic carbocycles. The fourth-order valence-electron chi connectivity index (χ4n) is 1.34. The van der Waals surface area contributed by atoms with Gasteiger partial charge in [-0.05, 0) is 6.07 Å². The monoisotopic (exact) mass is 240 g/mol. The zero-order valence-electron chi connectivity index (χ0n) is 6.90. The van der Waals surface area contributed by atoms with Gasteiger partial charge in [0.15, 0.2) is 0 Å². The summed E-state index contributed by atoms with van der Waals surface area (Å²) in [7, 11) is 0. The number of aliphatic hydroxyl groups is 1. The van der Waals surface area contributed by atoms with Crippen LogP contribution >= 0.6 is 15.9 Å². The first-order valence-corrected chi connectivity index (χ1v) is 5.15. The SMILES string of the molecule is O[C@@H](CBr)c1coc2ccccc12. The molecule has 68 valence electrons. The average Bonchev–Trinajstić information content (AvgIpc) is 2.60. The second-order valence-corrected chi connectivity index (χ2v) is 3.50. The molecule has 2 rings (SSSR count). The zero-order chi connectivity index (χ0) is 9.26. The summed E-state index contributed by atoms with van der Waals surface area (Å²) in [4.78, 5) is 0. The summed E-state index contributed by atoms with van der Waals surface area (Å²) in [5, 5.41) is 11.1. The molecule has 3 heteroatoms. The number of alkyl halides is 1. The van der Waals surface area contributed by atoms with Crippen molar-refractivity contribution in [2.24, 2.45) is 0 Å². The van der Waals surface area contributed by atoms with E-state index in [1.165, 1.54) is 0 Å². The highest BCUT2D eigenvalue weighted by Gasteiger charge is 2.12. The van der Waals surface area contributed by atoms with Crippen LogP contribution < -0.4 is 0 Å². The van der Waals surface area contributed by atoms with E-state index in [1.807, 2.05) is 24.3 Å². The Hall–Kier alpha value is -0.800. The van der Waals surface area contributed by atoms with Crippen molar-refractivity contribution in [3.63, 3.8) is 0 Å². The van der Waals surface area contributed by atoms with Gasteiger partial charge in [0, 0.05) is 16.3 Å². The van der Waals surface area contributed by atoms with Gasteiger partial charge < -0.3 is 9.52 Å². The zero-order valence-corrected chi connectivity index (χ0v) is 8.49. The highest BCUT2D eigenvalue weighted by molar-refractivity contribution is 9.09. The third kappa shape index (κ3) is 1.49. The van der Waals surface area contributed by atoms with Crippen LogP contribution in [0.25, 0.3) is 11.0 Å². The van der Waals surface area contributed by atoms with Crippen molar-refractivity contribution in [1.82, 2.24) is 0 Å². The van der Waals surface area contributed by atoms with Gasteiger partial charge in [0.2, 0.25) is 0 Å². The molecule has 0 aliphatic heterocycles. The van der Waals surface area contributed by atoms with E-state index in [0.717, 1.165) is 16.5 Å². The summed E-state index contributed by atoms with van der Waals surface area (Å²) in [6.07, 6.45) is 1.11. The van der Waals surface area contributed by atoms with Gasteiger partial charge in [-0.15, -0.1) is 0 Å². The minimum Gasteiger partial charge on any atom is -0.464 e. The molecule has 0 spiro atoms. The number of hydrogen-bond donors (Lipinski definition) is 1. The summed E-state index contributed by atoms with van der Waals surface area (Å²) < 4.78 is 5.29. The van der Waals surface area contributed by atoms with E-state index in [9.17, 15) is 5.11 Å². The van der Waals surface area contributed by atoms with E-state index in [4.69, 9.17) is 4.42 Å². The number of fused-ring (bicyclic) bond motifs is 1. The lowest BCUT2D eigenvalue weighted by Gasteiger charge is -2.02. The van der Waals surface area contributed by atoms with Crippen LogP contribution in [0.3, 0.4) is 0 Å². The number of rotatable bonds is 2. The minimum absolute atomic E-state index is 0.497. The average molecular weight is 241 g/mol. The van der Waals surface area contributed by atoms with Crippen molar-refractivity contribution >= 4 is 26.9 Å². The quantitative estimate of drug-likeness (QED) is 0.820. The lowest BCUT2D eigenvalue weighted by atomic mass is 10.1. The van der Waals surface area contributed by atoms with Gasteiger partial charge in [0.05, 0.1) is 12.4 Å². The molecule has 0 saturated carbocycles. The Morgan fingerprint density at radius 3 is 2.92 bits per heavy atom. The van der Waals surface area contributed by atoms with Crippen LogP contribution in [0.5, 0.6) is 0 Å². The van der Waals surface area contributed by atoms with E-state index in [0.29, 0.717) is 5.33 Å². The van der Waals surface area contributed by atoms with Crippen molar-refractivity contribution in [2.45, 2.75) is 6.10 Å². The molecule has 1 heterocycles. The molecule has 0 aliphatic rings. The Kier molecular flexibility index (Phi) is 2.38. The predicted molar refractivity (Wildman–Crippen MR) is 55.0 cm³/mol. The minimum atomic E-state index is -0.497. The standard InChI is InChI=1S/C10H9BrO2/c11-5-9(12)8-6-13-10-4-2-1-3-7(8)10/h1-4,6,9,12H,5H2/t9-/m0/s1. The molecule has 0 amide bonds. The smallest absolute Gasteiger partial charge is 0.134 e. The molecule has 0 saturated heterocycles. The molecule has 2 aromatic rings. The second kappa shape index (κ2) is 3.52. The van der Waals surface area contributed by atoms with Gasteiger partial charge in [0.1, 0.15) is 5.58 Å². The Balaban J connectivity index is 2.57. The molecule has 2 nitrogen and oxygen atoms in total. The van der Waals surface area contributed by atoms with Crippen molar-refractivity contribution in [1.29, 1.82) is 0 Å². The van der Waals surface area contributed by atoms with Crippen molar-refractivity contribution < 1.29 is 9.52 Å². The van der Waals surface area contributed by atoms with Crippen LogP contribution in [0.4, 0.5) is 0 Å². The maximum absolute atomic E-state index is 9.61. The highest BCUT2D eigenvalue weighted by Crippen LogP contribution is 2.26. The summed E-state index contributed by atoms with van der Waals surface area (Å²) >= 11 is 3.23. The second-order valence-electron chi connectivity index (χ2n) is 2.86. The first-order chi connectivity index (χ1) is 6.33. The summed E-state index contributed by atoms with van der Waals surface area (Å²) in [5.41, 5.74) is 1.66. The van der Waals surface area contributed by atoms with Crippen LogP contribution in [0.15, 0.2) is 34.9 Å². The molecule has 1 aromatic carbocycles. The van der Waals surface area contributed by atoms with Crippen molar-refractivity contribution in [2.75, 3.05) is 5.33 Å². The summed E-state index contributed by atoms with van der Waals surface area (Å²) in [5.74, 6) is 0. The molecule has 1 aromatic heterocycles. The van der Waals surface area contributed by atoms with Crippen molar-refractivity contribution in [3.8, 4) is 0 Å². The first kappa shape index (κ1) is 8.78. The van der Waals surface area contributed by atoms with Gasteiger partial charge in [-0.25, -0.2) is 0 Å². The molecular formula is C10H9BrO2. The van der Waals surface area contributed by atoms with Gasteiger partial charge >= 0.3 is 0 Å². The number of benzene rings is 1. The van der Waals surface area contributed by atoms with Crippen LogP contribution in [-0.4, -0.2) is 10.4 Å². The summed E-state index contributed by atoms with van der Waals surface area (Å²) in [6, 6.07) is 7.68. The lowest BCUT2D eigenvalue weighted by molar-refractivity contribution is 0.205. The van der Waals surface area contributed by atoms with Gasteiger partial charge in [0.25, 0.3) is 0 Å². The highest BCUT2D eigenvalue weighted by atomic mass is 79.9. The van der Waals surface area contributed by atoms with E-state index in [2.05, 4.69) is 15.9 Å². The molecular weight excluding hydrogens is 232 g/mol. The third-order valence-electron chi connectivity index (χ3n) is 2.02. The molecule has 0 fully saturated rings. The predicted octanol–water partition coefficient (Wildman–Crippen LogP) is 2.86. The fraction of sp³-hybridized carbons (Fsp3) is 0.200. The summed E-state index contributed by atoms with van der Waals surface area (Å²) in [6.45, 7) is 0. The van der Waals surface area contributed by atoms with Crippen LogP contribution in [0, 0.1) is 0 Å². The Morgan fingerprint density at radius 1 is 1.38 bits per heavy atom. The number of halogens is 1. The van der Waals surface area contributed by atoms with Crippen LogP contribution in [-0.2, 0) is 0 Å². The van der Waals surface area contributed by atoms with Gasteiger partial charge in [-0.3, -0.25) is 0 Å². The number of hydrogen-bond acceptors (Lipinski definition) is 2. The Labute approximate surface area is 84.3 Å². The van der Waals surface area contributed by atoms with E-state index < -0.39 is 6.10 Å². The van der Waals surface area contributed by atoms with Gasteiger partial charge in [-0.2, -0.15) is 0 Å². The topological polar surface area (TPSA) is 33.4 Å².